The summed E-state index contributed by atoms with van der Waals surface area (Å²) in [6.07, 6.45) is 5.05. The van der Waals surface area contributed by atoms with Gasteiger partial charge in [-0.25, -0.2) is 0 Å². The first-order chi connectivity index (χ1) is 11.8. The summed E-state index contributed by atoms with van der Waals surface area (Å²) in [5.41, 5.74) is 1.54. The summed E-state index contributed by atoms with van der Waals surface area (Å²) in [5, 5.41) is 1.91. The van der Waals surface area contributed by atoms with Gasteiger partial charge in [0, 0.05) is 30.5 Å². The van der Waals surface area contributed by atoms with E-state index < -0.39 is 0 Å². The molecule has 1 aliphatic heterocycles. The Morgan fingerprint density at radius 3 is 2.79 bits per heavy atom. The number of benzene rings is 1. The molecule has 0 aliphatic carbocycles. The van der Waals surface area contributed by atoms with Crippen molar-refractivity contribution in [2.45, 2.75) is 6.10 Å². The number of ether oxygens (including phenoxy) is 1. The molecule has 1 atom stereocenters. The van der Waals surface area contributed by atoms with Gasteiger partial charge in [0.25, 0.3) is 5.91 Å². The molecule has 1 aromatic carbocycles. The third-order valence-corrected chi connectivity index (χ3v) is 4.31. The third kappa shape index (κ3) is 2.74. The zero-order valence-corrected chi connectivity index (χ0v) is 13.1. The lowest BCUT2D eigenvalue weighted by Gasteiger charge is -2.33. The lowest BCUT2D eigenvalue weighted by Crippen LogP contribution is -2.42. The molecule has 0 N–H and O–H groups in total. The van der Waals surface area contributed by atoms with Gasteiger partial charge >= 0.3 is 0 Å². The van der Waals surface area contributed by atoms with Gasteiger partial charge in [-0.3, -0.25) is 14.8 Å². The number of fused-ring (bicyclic) bond motifs is 1. The predicted molar refractivity (Wildman–Crippen MR) is 90.6 cm³/mol. The van der Waals surface area contributed by atoms with Crippen molar-refractivity contribution >= 4 is 16.7 Å². The number of morpholine rings is 1. The number of carbonyl (C=O) groups excluding carboxylic acids is 1. The molecule has 120 valence electrons. The highest BCUT2D eigenvalue weighted by Crippen LogP contribution is 2.24. The van der Waals surface area contributed by atoms with E-state index in [4.69, 9.17) is 4.74 Å². The van der Waals surface area contributed by atoms with E-state index in [1.165, 1.54) is 0 Å². The highest BCUT2D eigenvalue weighted by Gasteiger charge is 2.27. The quantitative estimate of drug-likeness (QED) is 0.729. The van der Waals surface area contributed by atoms with E-state index in [1.54, 1.807) is 18.6 Å². The summed E-state index contributed by atoms with van der Waals surface area (Å²) in [5.74, 6) is -0.0471. The van der Waals surface area contributed by atoms with Crippen LogP contribution in [-0.4, -0.2) is 40.5 Å². The number of hydrogen-bond acceptors (Lipinski definition) is 4. The maximum absolute atomic E-state index is 13.0. The lowest BCUT2D eigenvalue weighted by molar-refractivity contribution is -0.0229. The minimum Gasteiger partial charge on any atom is -0.370 e. The lowest BCUT2D eigenvalue weighted by atomic mass is 10.1. The molecule has 4 rings (SSSR count). The SMILES string of the molecule is O=C(c1nccc2ccccc12)N1CCO[C@@H](c2ccncc2)C1. The first kappa shape index (κ1) is 14.8. The van der Waals surface area contributed by atoms with Crippen LogP contribution in [0.25, 0.3) is 10.8 Å². The van der Waals surface area contributed by atoms with Gasteiger partial charge in [-0.05, 0) is 29.1 Å². The molecule has 3 heterocycles. The molecule has 5 heteroatoms. The molecular formula is C19H17N3O2. The van der Waals surface area contributed by atoms with E-state index in [1.807, 2.05) is 47.4 Å². The van der Waals surface area contributed by atoms with Crippen molar-refractivity contribution in [3.05, 3.63) is 72.3 Å². The van der Waals surface area contributed by atoms with Crippen molar-refractivity contribution in [3.63, 3.8) is 0 Å². The molecule has 0 unspecified atom stereocenters. The van der Waals surface area contributed by atoms with Gasteiger partial charge in [-0.1, -0.05) is 24.3 Å². The molecule has 0 radical (unpaired) electrons. The van der Waals surface area contributed by atoms with Gasteiger partial charge in [0.2, 0.25) is 0 Å². The maximum atomic E-state index is 13.0. The first-order valence-corrected chi connectivity index (χ1v) is 7.97. The van der Waals surface area contributed by atoms with Crippen LogP contribution in [-0.2, 0) is 4.74 Å². The normalized spacial score (nSPS) is 17.8. The first-order valence-electron chi connectivity index (χ1n) is 7.97. The number of pyridine rings is 2. The summed E-state index contributed by atoms with van der Waals surface area (Å²) in [7, 11) is 0. The molecule has 24 heavy (non-hydrogen) atoms. The minimum absolute atomic E-state index is 0.0471. The Morgan fingerprint density at radius 1 is 1.08 bits per heavy atom. The fourth-order valence-corrected chi connectivity index (χ4v) is 3.05. The maximum Gasteiger partial charge on any atom is 0.273 e. The Bertz CT molecular complexity index is 861. The molecule has 0 saturated carbocycles. The van der Waals surface area contributed by atoms with Crippen LogP contribution in [0.3, 0.4) is 0 Å². The standard InChI is InChI=1S/C19H17N3O2/c23-19(18-16-4-2-1-3-14(16)7-10-21-18)22-11-12-24-17(13-22)15-5-8-20-9-6-15/h1-10,17H,11-13H2/t17-/m1/s1. The molecule has 0 bridgehead atoms. The van der Waals surface area contributed by atoms with Crippen molar-refractivity contribution in [2.75, 3.05) is 19.7 Å². The average molecular weight is 319 g/mol. The largest absolute Gasteiger partial charge is 0.370 e. The van der Waals surface area contributed by atoms with Crippen LogP contribution in [0.2, 0.25) is 0 Å². The molecule has 1 fully saturated rings. The number of hydrogen-bond donors (Lipinski definition) is 0. The molecule has 1 aliphatic rings. The zero-order valence-electron chi connectivity index (χ0n) is 13.1. The predicted octanol–water partition coefficient (Wildman–Crippen LogP) is 2.84. The van der Waals surface area contributed by atoms with E-state index in [2.05, 4.69) is 9.97 Å². The van der Waals surface area contributed by atoms with Crippen LogP contribution in [0.4, 0.5) is 0 Å². The van der Waals surface area contributed by atoms with Crippen LogP contribution in [0.1, 0.15) is 22.2 Å². The van der Waals surface area contributed by atoms with Gasteiger partial charge in [0.05, 0.1) is 13.2 Å². The number of amides is 1. The van der Waals surface area contributed by atoms with Gasteiger partial charge in [0.1, 0.15) is 11.8 Å². The molecule has 0 spiro atoms. The van der Waals surface area contributed by atoms with Crippen molar-refractivity contribution in [3.8, 4) is 0 Å². The van der Waals surface area contributed by atoms with Crippen LogP contribution in [0.15, 0.2) is 61.1 Å². The highest BCUT2D eigenvalue weighted by atomic mass is 16.5. The van der Waals surface area contributed by atoms with Crippen LogP contribution >= 0.6 is 0 Å². The Balaban J connectivity index is 1.62. The van der Waals surface area contributed by atoms with E-state index in [9.17, 15) is 4.79 Å². The Hall–Kier alpha value is -2.79. The molecule has 1 saturated heterocycles. The fraction of sp³-hybridized carbons (Fsp3) is 0.211. The van der Waals surface area contributed by atoms with E-state index in [-0.39, 0.29) is 12.0 Å². The van der Waals surface area contributed by atoms with Gasteiger partial charge in [-0.15, -0.1) is 0 Å². The van der Waals surface area contributed by atoms with Crippen LogP contribution in [0.5, 0.6) is 0 Å². The summed E-state index contributed by atoms with van der Waals surface area (Å²) in [4.78, 5) is 23.2. The van der Waals surface area contributed by atoms with Gasteiger partial charge in [0.15, 0.2) is 0 Å². The second-order valence-electron chi connectivity index (χ2n) is 5.77. The Morgan fingerprint density at radius 2 is 1.92 bits per heavy atom. The minimum atomic E-state index is -0.124. The molecule has 1 amide bonds. The van der Waals surface area contributed by atoms with Crippen molar-refractivity contribution in [1.29, 1.82) is 0 Å². The second kappa shape index (κ2) is 6.37. The highest BCUT2D eigenvalue weighted by molar-refractivity contribution is 6.05. The topological polar surface area (TPSA) is 55.3 Å². The number of aromatic nitrogens is 2. The molecule has 3 aromatic rings. The van der Waals surface area contributed by atoms with Crippen LogP contribution < -0.4 is 0 Å². The second-order valence-corrected chi connectivity index (χ2v) is 5.77. The Kier molecular flexibility index (Phi) is 3.92. The summed E-state index contributed by atoms with van der Waals surface area (Å²) in [6, 6.07) is 13.6. The number of carbonyl (C=O) groups is 1. The van der Waals surface area contributed by atoms with Gasteiger partial charge in [-0.2, -0.15) is 0 Å². The summed E-state index contributed by atoms with van der Waals surface area (Å²) >= 11 is 0. The van der Waals surface area contributed by atoms with Crippen molar-refractivity contribution in [1.82, 2.24) is 14.9 Å². The van der Waals surface area contributed by atoms with Crippen molar-refractivity contribution < 1.29 is 9.53 Å². The summed E-state index contributed by atoms with van der Waals surface area (Å²) < 4.78 is 5.83. The van der Waals surface area contributed by atoms with Crippen LogP contribution in [0, 0.1) is 0 Å². The smallest absolute Gasteiger partial charge is 0.273 e. The average Bonchev–Trinajstić information content (AvgIpc) is 2.68. The molecular weight excluding hydrogens is 302 g/mol. The van der Waals surface area contributed by atoms with E-state index in [0.29, 0.717) is 25.4 Å². The van der Waals surface area contributed by atoms with Gasteiger partial charge < -0.3 is 9.64 Å². The van der Waals surface area contributed by atoms with Crippen molar-refractivity contribution in [2.24, 2.45) is 0 Å². The Labute approximate surface area is 139 Å². The monoisotopic (exact) mass is 319 g/mol. The molecule has 5 nitrogen and oxygen atoms in total. The summed E-state index contributed by atoms with van der Waals surface area (Å²) in [6.45, 7) is 1.61. The van der Waals surface area contributed by atoms with E-state index in [0.717, 1.165) is 16.3 Å². The fourth-order valence-electron chi connectivity index (χ4n) is 3.05. The number of rotatable bonds is 2. The van der Waals surface area contributed by atoms with E-state index >= 15 is 0 Å². The number of nitrogens with zero attached hydrogens (tertiary/aromatic N) is 3. The zero-order chi connectivity index (χ0) is 16.4. The third-order valence-electron chi connectivity index (χ3n) is 4.31. The molecule has 2 aromatic heterocycles.